The number of piperidine rings is 1. The Balaban J connectivity index is 1.63. The van der Waals surface area contributed by atoms with Crippen molar-refractivity contribution in [3.05, 3.63) is 0 Å². The summed E-state index contributed by atoms with van der Waals surface area (Å²) in [6.07, 6.45) is 1.83. The summed E-state index contributed by atoms with van der Waals surface area (Å²) in [5.41, 5.74) is 0.947. The van der Waals surface area contributed by atoms with Gasteiger partial charge in [-0.1, -0.05) is 5.16 Å². The zero-order valence-electron chi connectivity index (χ0n) is 9.77. The van der Waals surface area contributed by atoms with Crippen LogP contribution in [0.1, 0.15) is 12.8 Å². The Hall–Kier alpha value is -0.650. The maximum Gasteiger partial charge on any atom is 0.0596 e. The molecule has 2 saturated heterocycles. The molecule has 0 atom stereocenters. The Bertz CT molecular complexity index is 229. The number of morpholine rings is 1. The zero-order valence-corrected chi connectivity index (χ0v) is 9.77. The molecule has 0 aromatic rings. The summed E-state index contributed by atoms with van der Waals surface area (Å²) in [7, 11) is 0. The molecule has 0 aliphatic carbocycles. The van der Waals surface area contributed by atoms with Crippen molar-refractivity contribution in [1.29, 1.82) is 0 Å². The van der Waals surface area contributed by atoms with Gasteiger partial charge in [-0.3, -0.25) is 4.90 Å². The summed E-state index contributed by atoms with van der Waals surface area (Å²) < 4.78 is 5.32. The van der Waals surface area contributed by atoms with Gasteiger partial charge in [0.05, 0.1) is 18.9 Å². The van der Waals surface area contributed by atoms with Crippen LogP contribution in [0.25, 0.3) is 0 Å². The van der Waals surface area contributed by atoms with E-state index in [4.69, 9.17) is 9.94 Å². The van der Waals surface area contributed by atoms with Gasteiger partial charge < -0.3 is 14.8 Å². The van der Waals surface area contributed by atoms with Crippen LogP contribution >= 0.6 is 0 Å². The average molecular weight is 227 g/mol. The molecule has 0 spiro atoms. The van der Waals surface area contributed by atoms with E-state index in [1.807, 2.05) is 0 Å². The molecule has 5 heteroatoms. The summed E-state index contributed by atoms with van der Waals surface area (Å²) in [6, 6.07) is 0. The van der Waals surface area contributed by atoms with E-state index in [2.05, 4.69) is 15.0 Å². The predicted octanol–water partition coefficient (Wildman–Crippen LogP) is 0.245. The summed E-state index contributed by atoms with van der Waals surface area (Å²) in [5, 5.41) is 12.0. The molecule has 0 radical (unpaired) electrons. The number of nitrogens with zero attached hydrogens (tertiary/aromatic N) is 3. The van der Waals surface area contributed by atoms with Gasteiger partial charge in [-0.2, -0.15) is 0 Å². The topological polar surface area (TPSA) is 48.3 Å². The molecule has 0 bridgehead atoms. The normalized spacial score (nSPS) is 24.6. The fourth-order valence-corrected chi connectivity index (χ4v) is 2.24. The smallest absolute Gasteiger partial charge is 0.0596 e. The summed E-state index contributed by atoms with van der Waals surface area (Å²) >= 11 is 0. The molecule has 0 aromatic carbocycles. The molecular weight excluding hydrogens is 206 g/mol. The molecule has 2 aliphatic heterocycles. The lowest BCUT2D eigenvalue weighted by molar-refractivity contribution is 0.0333. The van der Waals surface area contributed by atoms with E-state index in [9.17, 15) is 0 Å². The Morgan fingerprint density at radius 1 is 1.00 bits per heavy atom. The minimum atomic E-state index is 0.876. The highest BCUT2D eigenvalue weighted by Crippen LogP contribution is 2.07. The van der Waals surface area contributed by atoms with Crippen LogP contribution in [0.2, 0.25) is 0 Å². The first-order valence-corrected chi connectivity index (χ1v) is 6.11. The quantitative estimate of drug-likeness (QED) is 0.554. The molecule has 2 aliphatic rings. The minimum absolute atomic E-state index is 0.876. The van der Waals surface area contributed by atoms with Crippen molar-refractivity contribution >= 4 is 5.71 Å². The van der Waals surface area contributed by atoms with Crippen LogP contribution in [0.5, 0.6) is 0 Å². The molecule has 0 saturated carbocycles. The number of oxime groups is 1. The van der Waals surface area contributed by atoms with E-state index < -0.39 is 0 Å². The van der Waals surface area contributed by atoms with Crippen LogP contribution < -0.4 is 0 Å². The summed E-state index contributed by atoms with van der Waals surface area (Å²) in [4.78, 5) is 4.91. The number of hydrogen-bond acceptors (Lipinski definition) is 5. The molecule has 5 nitrogen and oxygen atoms in total. The zero-order chi connectivity index (χ0) is 11.2. The third-order valence-corrected chi connectivity index (χ3v) is 3.41. The Labute approximate surface area is 96.7 Å². The highest BCUT2D eigenvalue weighted by molar-refractivity contribution is 5.84. The van der Waals surface area contributed by atoms with Crippen molar-refractivity contribution in [2.45, 2.75) is 12.8 Å². The Kier molecular flexibility index (Phi) is 4.56. The van der Waals surface area contributed by atoms with E-state index in [1.54, 1.807) is 0 Å². The van der Waals surface area contributed by atoms with Crippen LogP contribution in [0.3, 0.4) is 0 Å². The predicted molar refractivity (Wildman–Crippen MR) is 62.2 cm³/mol. The van der Waals surface area contributed by atoms with Gasteiger partial charge in [-0.05, 0) is 0 Å². The number of hydrogen-bond donors (Lipinski definition) is 1. The summed E-state index contributed by atoms with van der Waals surface area (Å²) in [6.45, 7) is 8.21. The molecule has 0 amide bonds. The maximum atomic E-state index is 8.66. The van der Waals surface area contributed by atoms with E-state index in [-0.39, 0.29) is 0 Å². The molecule has 0 unspecified atom stereocenters. The first kappa shape index (κ1) is 11.8. The van der Waals surface area contributed by atoms with Crippen molar-refractivity contribution in [1.82, 2.24) is 9.80 Å². The lowest BCUT2D eigenvalue weighted by atomic mass is 10.1. The van der Waals surface area contributed by atoms with Crippen molar-refractivity contribution < 1.29 is 9.94 Å². The number of rotatable bonds is 3. The largest absolute Gasteiger partial charge is 0.411 e. The van der Waals surface area contributed by atoms with Crippen molar-refractivity contribution in [3.8, 4) is 0 Å². The number of likely N-dealkylation sites (tertiary alicyclic amines) is 1. The van der Waals surface area contributed by atoms with Crippen LogP contribution in [-0.4, -0.2) is 73.2 Å². The first-order valence-electron chi connectivity index (χ1n) is 6.11. The SMILES string of the molecule is ON=C1CCN(CCN2CCOCC2)CC1. The highest BCUT2D eigenvalue weighted by Gasteiger charge is 2.16. The van der Waals surface area contributed by atoms with E-state index >= 15 is 0 Å². The molecule has 2 rings (SSSR count). The molecule has 0 aromatic heterocycles. The second kappa shape index (κ2) is 6.18. The standard InChI is InChI=1S/C11H21N3O2/c15-12-11-1-3-13(4-2-11)5-6-14-7-9-16-10-8-14/h15H,1-10H2. The molecule has 16 heavy (non-hydrogen) atoms. The molecule has 2 fully saturated rings. The molecular formula is C11H21N3O2. The molecule has 2 heterocycles. The van der Waals surface area contributed by atoms with Gasteiger partial charge in [0.2, 0.25) is 0 Å². The van der Waals surface area contributed by atoms with Crippen LogP contribution in [0.15, 0.2) is 5.16 Å². The lowest BCUT2D eigenvalue weighted by Crippen LogP contribution is -2.43. The second-order valence-corrected chi connectivity index (χ2v) is 4.46. The monoisotopic (exact) mass is 227 g/mol. The van der Waals surface area contributed by atoms with Gasteiger partial charge in [0.25, 0.3) is 0 Å². The van der Waals surface area contributed by atoms with Crippen LogP contribution in [0.4, 0.5) is 0 Å². The van der Waals surface area contributed by atoms with Crippen molar-refractivity contribution in [3.63, 3.8) is 0 Å². The van der Waals surface area contributed by atoms with Gasteiger partial charge in [0, 0.05) is 52.1 Å². The molecule has 1 N–H and O–H groups in total. The fraction of sp³-hybridized carbons (Fsp3) is 0.909. The van der Waals surface area contributed by atoms with Gasteiger partial charge in [0.1, 0.15) is 0 Å². The van der Waals surface area contributed by atoms with Crippen molar-refractivity contribution in [2.24, 2.45) is 5.16 Å². The van der Waals surface area contributed by atoms with Gasteiger partial charge in [-0.25, -0.2) is 0 Å². The van der Waals surface area contributed by atoms with Gasteiger partial charge in [-0.15, -0.1) is 0 Å². The highest BCUT2D eigenvalue weighted by atomic mass is 16.5. The number of ether oxygens (including phenoxy) is 1. The first-order chi connectivity index (χ1) is 7.88. The van der Waals surface area contributed by atoms with E-state index in [0.717, 1.165) is 71.0 Å². The van der Waals surface area contributed by atoms with Crippen LogP contribution in [0, 0.1) is 0 Å². The Morgan fingerprint density at radius 3 is 2.12 bits per heavy atom. The molecule has 92 valence electrons. The van der Waals surface area contributed by atoms with Crippen molar-refractivity contribution in [2.75, 3.05) is 52.5 Å². The van der Waals surface area contributed by atoms with Crippen LogP contribution in [-0.2, 0) is 4.74 Å². The third kappa shape index (κ3) is 3.43. The van der Waals surface area contributed by atoms with E-state index in [0.29, 0.717) is 0 Å². The summed E-state index contributed by atoms with van der Waals surface area (Å²) in [5.74, 6) is 0. The third-order valence-electron chi connectivity index (χ3n) is 3.41. The van der Waals surface area contributed by atoms with E-state index in [1.165, 1.54) is 0 Å². The average Bonchev–Trinajstić information content (AvgIpc) is 2.38. The minimum Gasteiger partial charge on any atom is -0.411 e. The van der Waals surface area contributed by atoms with Gasteiger partial charge in [0.15, 0.2) is 0 Å². The Morgan fingerprint density at radius 2 is 1.56 bits per heavy atom. The lowest BCUT2D eigenvalue weighted by Gasteiger charge is -2.31. The van der Waals surface area contributed by atoms with Gasteiger partial charge >= 0.3 is 0 Å². The second-order valence-electron chi connectivity index (χ2n) is 4.46. The fourth-order valence-electron chi connectivity index (χ4n) is 2.24. The maximum absolute atomic E-state index is 8.66.